The summed E-state index contributed by atoms with van der Waals surface area (Å²) in [5, 5.41) is 4.52. The summed E-state index contributed by atoms with van der Waals surface area (Å²) in [5.74, 6) is 2.02. The van der Waals surface area contributed by atoms with Crippen molar-refractivity contribution in [3.05, 3.63) is 5.82 Å². The first-order valence-electron chi connectivity index (χ1n) is 10.5. The molecule has 1 saturated heterocycles. The maximum Gasteiger partial charge on any atom is 0.205 e. The van der Waals surface area contributed by atoms with Crippen LogP contribution in [0.3, 0.4) is 0 Å². The van der Waals surface area contributed by atoms with Crippen molar-refractivity contribution in [2.45, 2.75) is 47.0 Å². The summed E-state index contributed by atoms with van der Waals surface area (Å²) < 4.78 is 4.41. The molecule has 0 aliphatic carbocycles. The van der Waals surface area contributed by atoms with Gasteiger partial charge in [0.2, 0.25) is 5.13 Å². The van der Waals surface area contributed by atoms with Crippen LogP contribution in [-0.4, -0.2) is 84.0 Å². The molecule has 7 nitrogen and oxygen atoms in total. The van der Waals surface area contributed by atoms with Crippen LogP contribution in [0.1, 0.15) is 46.4 Å². The van der Waals surface area contributed by atoms with E-state index in [9.17, 15) is 0 Å². The fourth-order valence-corrected chi connectivity index (χ4v) is 4.03. The Morgan fingerprint density at radius 2 is 1.85 bits per heavy atom. The van der Waals surface area contributed by atoms with Gasteiger partial charge in [-0.2, -0.15) is 4.37 Å². The highest BCUT2D eigenvalue weighted by molar-refractivity contribution is 7.09. The van der Waals surface area contributed by atoms with E-state index < -0.39 is 0 Å². The molecule has 154 valence electrons. The molecule has 1 aromatic rings. The first kappa shape index (κ1) is 21.9. The van der Waals surface area contributed by atoms with Crippen LogP contribution < -0.4 is 10.2 Å². The van der Waals surface area contributed by atoms with Gasteiger partial charge in [0, 0.05) is 57.2 Å². The zero-order valence-electron chi connectivity index (χ0n) is 17.6. The van der Waals surface area contributed by atoms with Gasteiger partial charge < -0.3 is 20.0 Å². The van der Waals surface area contributed by atoms with Crippen LogP contribution in [0.25, 0.3) is 0 Å². The van der Waals surface area contributed by atoms with Gasteiger partial charge in [-0.3, -0.25) is 4.99 Å². The second-order valence-electron chi connectivity index (χ2n) is 6.79. The second kappa shape index (κ2) is 12.1. The average Bonchev–Trinajstić information content (AvgIpc) is 3.19. The van der Waals surface area contributed by atoms with E-state index in [1.54, 1.807) is 0 Å². The zero-order valence-corrected chi connectivity index (χ0v) is 18.4. The molecule has 1 N–H and O–H groups in total. The van der Waals surface area contributed by atoms with E-state index in [0.717, 1.165) is 82.1 Å². The van der Waals surface area contributed by atoms with Crippen molar-refractivity contribution in [3.63, 3.8) is 0 Å². The van der Waals surface area contributed by atoms with Crippen molar-refractivity contribution < 1.29 is 0 Å². The zero-order chi connectivity index (χ0) is 19.5. The van der Waals surface area contributed by atoms with Gasteiger partial charge in [-0.05, 0) is 39.4 Å². The quantitative estimate of drug-likeness (QED) is 0.373. The summed E-state index contributed by atoms with van der Waals surface area (Å²) in [6.07, 6.45) is 3.27. The predicted octanol–water partition coefficient (Wildman–Crippen LogP) is 2.31. The molecule has 0 atom stereocenters. The van der Waals surface area contributed by atoms with Crippen LogP contribution in [0.5, 0.6) is 0 Å². The van der Waals surface area contributed by atoms with Gasteiger partial charge in [0.25, 0.3) is 0 Å². The smallest absolute Gasteiger partial charge is 0.205 e. The minimum atomic E-state index is 0.903. The van der Waals surface area contributed by atoms with E-state index in [0.29, 0.717) is 0 Å². The summed E-state index contributed by atoms with van der Waals surface area (Å²) in [5.41, 5.74) is 0. The van der Waals surface area contributed by atoms with Crippen molar-refractivity contribution in [3.8, 4) is 0 Å². The Labute approximate surface area is 169 Å². The third-order valence-electron chi connectivity index (χ3n) is 5.00. The third-order valence-corrected chi connectivity index (χ3v) is 5.81. The number of piperazine rings is 1. The van der Waals surface area contributed by atoms with Crippen LogP contribution in [0, 0.1) is 0 Å². The fourth-order valence-electron chi connectivity index (χ4n) is 3.22. The van der Waals surface area contributed by atoms with Crippen LogP contribution in [0.15, 0.2) is 4.99 Å². The molecular formula is C19H37N7S. The van der Waals surface area contributed by atoms with Crippen molar-refractivity contribution >= 4 is 22.6 Å². The molecule has 27 heavy (non-hydrogen) atoms. The van der Waals surface area contributed by atoms with Gasteiger partial charge in [-0.25, -0.2) is 4.98 Å². The standard InChI is InChI=1S/C19H37N7S/c1-5-17-22-19(27-23-17)26-15-13-25(14-16-26)18(20-6-2)21-11-9-10-12-24(7-3)8-4/h5-16H2,1-4H3,(H,20,21). The van der Waals surface area contributed by atoms with Crippen LogP contribution >= 0.6 is 11.5 Å². The Hall–Kier alpha value is -1.41. The van der Waals surface area contributed by atoms with Crippen molar-refractivity contribution in [1.82, 2.24) is 24.5 Å². The molecule has 2 heterocycles. The third kappa shape index (κ3) is 6.92. The Balaban J connectivity index is 1.79. The number of aromatic nitrogens is 2. The number of hydrogen-bond acceptors (Lipinski definition) is 6. The molecule has 0 unspecified atom stereocenters. The molecule has 0 bridgehead atoms. The van der Waals surface area contributed by atoms with E-state index in [1.807, 2.05) is 0 Å². The largest absolute Gasteiger partial charge is 0.357 e. The fraction of sp³-hybridized carbons (Fsp3) is 0.842. The summed E-state index contributed by atoms with van der Waals surface area (Å²) >= 11 is 1.52. The molecule has 1 aliphatic heterocycles. The second-order valence-corrected chi connectivity index (χ2v) is 7.52. The number of rotatable bonds is 10. The average molecular weight is 396 g/mol. The van der Waals surface area contributed by atoms with Gasteiger partial charge in [0.1, 0.15) is 5.82 Å². The van der Waals surface area contributed by atoms with E-state index in [4.69, 9.17) is 4.99 Å². The molecule has 2 rings (SSSR count). The molecule has 0 spiro atoms. The van der Waals surface area contributed by atoms with Crippen molar-refractivity contribution in [2.24, 2.45) is 4.99 Å². The number of anilines is 1. The Morgan fingerprint density at radius 1 is 1.11 bits per heavy atom. The van der Waals surface area contributed by atoms with Gasteiger partial charge in [0.05, 0.1) is 0 Å². The lowest BCUT2D eigenvalue weighted by molar-refractivity contribution is 0.297. The van der Waals surface area contributed by atoms with Crippen LogP contribution in [0.4, 0.5) is 5.13 Å². The maximum absolute atomic E-state index is 4.87. The predicted molar refractivity (Wildman–Crippen MR) is 116 cm³/mol. The highest BCUT2D eigenvalue weighted by Gasteiger charge is 2.21. The molecule has 0 amide bonds. The minimum absolute atomic E-state index is 0.903. The number of unbranched alkanes of at least 4 members (excludes halogenated alkanes) is 1. The number of aliphatic imine (C=N–C) groups is 1. The van der Waals surface area contributed by atoms with Gasteiger partial charge >= 0.3 is 0 Å². The number of hydrogen-bond donors (Lipinski definition) is 1. The summed E-state index contributed by atoms with van der Waals surface area (Å²) in [6.45, 7) is 17.9. The Bertz CT molecular complexity index is 548. The molecule has 1 aliphatic rings. The Kier molecular flexibility index (Phi) is 9.83. The monoisotopic (exact) mass is 395 g/mol. The lowest BCUT2D eigenvalue weighted by atomic mass is 10.3. The normalized spacial score (nSPS) is 15.7. The maximum atomic E-state index is 4.87. The SMILES string of the molecule is CCNC(=NCCCCN(CC)CC)N1CCN(c2nc(CC)ns2)CC1. The lowest BCUT2D eigenvalue weighted by Gasteiger charge is -2.36. The van der Waals surface area contributed by atoms with E-state index >= 15 is 0 Å². The molecule has 8 heteroatoms. The number of nitrogens with zero attached hydrogens (tertiary/aromatic N) is 6. The topological polar surface area (TPSA) is 59.9 Å². The molecule has 0 saturated carbocycles. The molecule has 1 aromatic heterocycles. The number of nitrogens with one attached hydrogen (secondary N) is 1. The Morgan fingerprint density at radius 3 is 2.44 bits per heavy atom. The summed E-state index contributed by atoms with van der Waals surface area (Å²) in [4.78, 5) is 16.7. The van der Waals surface area contributed by atoms with E-state index in [-0.39, 0.29) is 0 Å². The molecule has 1 fully saturated rings. The van der Waals surface area contributed by atoms with E-state index in [2.05, 4.69) is 57.1 Å². The van der Waals surface area contributed by atoms with Gasteiger partial charge in [-0.1, -0.05) is 20.8 Å². The minimum Gasteiger partial charge on any atom is -0.357 e. The number of guanidine groups is 1. The van der Waals surface area contributed by atoms with Gasteiger partial charge in [0.15, 0.2) is 5.96 Å². The van der Waals surface area contributed by atoms with Crippen LogP contribution in [-0.2, 0) is 6.42 Å². The first-order chi connectivity index (χ1) is 13.2. The van der Waals surface area contributed by atoms with Crippen molar-refractivity contribution in [2.75, 3.05) is 63.8 Å². The van der Waals surface area contributed by atoms with Crippen molar-refractivity contribution in [1.29, 1.82) is 0 Å². The van der Waals surface area contributed by atoms with Crippen LogP contribution in [0.2, 0.25) is 0 Å². The summed E-state index contributed by atoms with van der Waals surface area (Å²) in [6, 6.07) is 0. The molecule has 0 aromatic carbocycles. The number of aryl methyl sites for hydroxylation is 1. The van der Waals surface area contributed by atoms with E-state index in [1.165, 1.54) is 24.5 Å². The molecule has 0 radical (unpaired) electrons. The molecular weight excluding hydrogens is 358 g/mol. The summed E-state index contributed by atoms with van der Waals surface area (Å²) in [7, 11) is 0. The highest BCUT2D eigenvalue weighted by Crippen LogP contribution is 2.19. The highest BCUT2D eigenvalue weighted by atomic mass is 32.1. The first-order valence-corrected chi connectivity index (χ1v) is 11.3. The van der Waals surface area contributed by atoms with Gasteiger partial charge in [-0.15, -0.1) is 0 Å². The lowest BCUT2D eigenvalue weighted by Crippen LogP contribution is -2.52.